The van der Waals surface area contributed by atoms with Crippen LogP contribution in [0.5, 0.6) is 5.75 Å². The molecule has 0 radical (unpaired) electrons. The number of aromatic nitrogens is 2. The molecular weight excluding hydrogens is 397 g/mol. The molecule has 3 rings (SSSR count). The molecule has 136 valence electrons. The molecule has 9 heteroatoms. The van der Waals surface area contributed by atoms with E-state index < -0.39 is 10.0 Å². The van der Waals surface area contributed by atoms with E-state index in [1.54, 1.807) is 12.5 Å². The Morgan fingerprint density at radius 3 is 2.46 bits per heavy atom. The largest absolute Gasteiger partial charge is 0.495 e. The molecule has 1 heterocycles. The summed E-state index contributed by atoms with van der Waals surface area (Å²) in [5.74, 6) is 0.311. The van der Waals surface area contributed by atoms with Gasteiger partial charge in [-0.15, -0.1) is 0 Å². The van der Waals surface area contributed by atoms with Crippen molar-refractivity contribution in [3.05, 3.63) is 70.7 Å². The predicted octanol–water partition coefficient (Wildman–Crippen LogP) is 3.67. The molecule has 0 aliphatic heterocycles. The van der Waals surface area contributed by atoms with E-state index in [9.17, 15) is 8.42 Å². The maximum atomic E-state index is 12.5. The summed E-state index contributed by atoms with van der Waals surface area (Å²) < 4.78 is 34.5. The minimum Gasteiger partial charge on any atom is -0.495 e. The fourth-order valence-corrected chi connectivity index (χ4v) is 4.19. The number of rotatable bonds is 6. The van der Waals surface area contributed by atoms with Crippen LogP contribution in [0.4, 0.5) is 0 Å². The van der Waals surface area contributed by atoms with Crippen LogP contribution in [0.3, 0.4) is 0 Å². The summed E-state index contributed by atoms with van der Waals surface area (Å²) in [7, 11) is -2.40. The molecule has 0 atom stereocenters. The van der Waals surface area contributed by atoms with E-state index in [1.807, 2.05) is 35.0 Å². The molecule has 26 heavy (non-hydrogen) atoms. The van der Waals surface area contributed by atoms with E-state index in [0.717, 1.165) is 11.3 Å². The summed E-state index contributed by atoms with van der Waals surface area (Å²) in [6.07, 6.45) is 5.20. The highest BCUT2D eigenvalue weighted by molar-refractivity contribution is 7.89. The van der Waals surface area contributed by atoms with E-state index >= 15 is 0 Å². The van der Waals surface area contributed by atoms with Crippen molar-refractivity contribution in [1.82, 2.24) is 14.3 Å². The van der Waals surface area contributed by atoms with Crippen molar-refractivity contribution in [2.24, 2.45) is 0 Å². The molecule has 0 fully saturated rings. The van der Waals surface area contributed by atoms with Crippen LogP contribution in [0.15, 0.2) is 60.0 Å². The highest BCUT2D eigenvalue weighted by Gasteiger charge is 2.21. The zero-order valence-electron chi connectivity index (χ0n) is 13.7. The Hall–Kier alpha value is -2.06. The number of hydrogen-bond donors (Lipinski definition) is 1. The molecule has 1 N–H and O–H groups in total. The monoisotopic (exact) mass is 411 g/mol. The number of imidazole rings is 1. The topological polar surface area (TPSA) is 73.2 Å². The Labute approximate surface area is 161 Å². The Kier molecular flexibility index (Phi) is 5.52. The Morgan fingerprint density at radius 2 is 1.85 bits per heavy atom. The van der Waals surface area contributed by atoms with Crippen molar-refractivity contribution in [2.45, 2.75) is 11.4 Å². The molecule has 0 saturated heterocycles. The third kappa shape index (κ3) is 3.86. The second-order valence-electron chi connectivity index (χ2n) is 5.35. The molecular formula is C17H15Cl2N3O3S. The van der Waals surface area contributed by atoms with E-state index in [4.69, 9.17) is 27.9 Å². The number of nitrogens with zero attached hydrogens (tertiary/aromatic N) is 2. The van der Waals surface area contributed by atoms with Gasteiger partial charge in [-0.2, -0.15) is 0 Å². The second-order valence-corrected chi connectivity index (χ2v) is 7.85. The summed E-state index contributed by atoms with van der Waals surface area (Å²) in [5, 5.41) is -0.0179. The lowest BCUT2D eigenvalue weighted by molar-refractivity contribution is 0.414. The van der Waals surface area contributed by atoms with Gasteiger partial charge in [-0.1, -0.05) is 35.3 Å². The fraction of sp³-hybridized carbons (Fsp3) is 0.118. The number of hydrogen-bond acceptors (Lipinski definition) is 4. The van der Waals surface area contributed by atoms with Crippen molar-refractivity contribution in [1.29, 1.82) is 0 Å². The van der Waals surface area contributed by atoms with Crippen molar-refractivity contribution in [3.63, 3.8) is 0 Å². The van der Waals surface area contributed by atoms with Crippen molar-refractivity contribution in [2.75, 3.05) is 7.11 Å². The molecule has 3 aromatic rings. The molecule has 6 nitrogen and oxygen atoms in total. The van der Waals surface area contributed by atoms with Gasteiger partial charge in [0.1, 0.15) is 15.7 Å². The maximum absolute atomic E-state index is 12.5. The van der Waals surface area contributed by atoms with Crippen LogP contribution in [-0.4, -0.2) is 25.1 Å². The molecule has 0 aliphatic rings. The van der Waals surface area contributed by atoms with Gasteiger partial charge < -0.3 is 9.30 Å². The molecule has 0 saturated carbocycles. The van der Waals surface area contributed by atoms with Crippen LogP contribution in [-0.2, 0) is 16.6 Å². The lowest BCUT2D eigenvalue weighted by Crippen LogP contribution is -2.23. The molecule has 0 aliphatic carbocycles. The van der Waals surface area contributed by atoms with Gasteiger partial charge in [-0.3, -0.25) is 0 Å². The normalized spacial score (nSPS) is 11.5. The first kappa shape index (κ1) is 18.7. The SMILES string of the molecule is COc1ccc(S(=O)(=O)NCc2ccc(-n3ccnc3)cc2)c(Cl)c1Cl. The minimum absolute atomic E-state index is 0.0572. The number of nitrogens with one attached hydrogen (secondary N) is 1. The van der Waals surface area contributed by atoms with Gasteiger partial charge in [0.2, 0.25) is 10.0 Å². The third-order valence-corrected chi connectivity index (χ3v) is 6.15. The van der Waals surface area contributed by atoms with Gasteiger partial charge in [0.15, 0.2) is 0 Å². The minimum atomic E-state index is -3.83. The zero-order chi connectivity index (χ0) is 18.7. The van der Waals surface area contributed by atoms with Gasteiger partial charge in [0, 0.05) is 24.6 Å². The Balaban J connectivity index is 1.75. The van der Waals surface area contributed by atoms with E-state index in [-0.39, 0.29) is 21.5 Å². The molecule has 2 aromatic carbocycles. The van der Waals surface area contributed by atoms with Crippen LogP contribution in [0, 0.1) is 0 Å². The molecule has 1 aromatic heterocycles. The Morgan fingerprint density at radius 1 is 1.12 bits per heavy atom. The first-order chi connectivity index (χ1) is 12.4. The van der Waals surface area contributed by atoms with Gasteiger partial charge in [-0.05, 0) is 29.8 Å². The highest BCUT2D eigenvalue weighted by atomic mass is 35.5. The van der Waals surface area contributed by atoms with Crippen molar-refractivity contribution in [3.8, 4) is 11.4 Å². The standard InChI is InChI=1S/C17H15Cl2N3O3S/c1-25-14-6-7-15(17(19)16(14)18)26(23,24)21-10-12-2-4-13(5-3-12)22-9-8-20-11-22/h2-9,11,21H,10H2,1H3. The number of sulfonamides is 1. The third-order valence-electron chi connectivity index (χ3n) is 3.73. The number of benzene rings is 2. The average molecular weight is 412 g/mol. The first-order valence-electron chi connectivity index (χ1n) is 7.51. The quantitative estimate of drug-likeness (QED) is 0.671. The fourth-order valence-electron chi connectivity index (χ4n) is 2.33. The summed E-state index contributed by atoms with van der Waals surface area (Å²) in [6.45, 7) is 0.118. The molecule has 0 amide bonds. The van der Waals surface area contributed by atoms with Crippen LogP contribution in [0.2, 0.25) is 10.0 Å². The van der Waals surface area contributed by atoms with Crippen LogP contribution in [0.25, 0.3) is 5.69 Å². The van der Waals surface area contributed by atoms with Crippen molar-refractivity contribution < 1.29 is 13.2 Å². The second kappa shape index (κ2) is 7.67. The van der Waals surface area contributed by atoms with E-state index in [1.165, 1.54) is 19.2 Å². The Bertz CT molecular complexity index is 1000. The lowest BCUT2D eigenvalue weighted by atomic mass is 10.2. The highest BCUT2D eigenvalue weighted by Crippen LogP contribution is 2.36. The van der Waals surface area contributed by atoms with Gasteiger partial charge in [-0.25, -0.2) is 18.1 Å². The summed E-state index contributed by atoms with van der Waals surface area (Å²) in [5.41, 5.74) is 1.73. The summed E-state index contributed by atoms with van der Waals surface area (Å²) in [4.78, 5) is 3.89. The first-order valence-corrected chi connectivity index (χ1v) is 9.75. The smallest absolute Gasteiger partial charge is 0.242 e. The zero-order valence-corrected chi connectivity index (χ0v) is 16.0. The van der Waals surface area contributed by atoms with Gasteiger partial charge >= 0.3 is 0 Å². The van der Waals surface area contributed by atoms with Crippen LogP contribution in [0.1, 0.15) is 5.56 Å². The summed E-state index contributed by atoms with van der Waals surface area (Å²) in [6, 6.07) is 10.2. The van der Waals surface area contributed by atoms with Crippen LogP contribution < -0.4 is 9.46 Å². The number of ether oxygens (including phenoxy) is 1. The van der Waals surface area contributed by atoms with Crippen LogP contribution >= 0.6 is 23.2 Å². The molecule has 0 spiro atoms. The van der Waals surface area contributed by atoms with Gasteiger partial charge in [0.25, 0.3) is 0 Å². The van der Waals surface area contributed by atoms with Crippen molar-refractivity contribution >= 4 is 33.2 Å². The van der Waals surface area contributed by atoms with E-state index in [0.29, 0.717) is 5.75 Å². The number of halogens is 2. The average Bonchev–Trinajstić information content (AvgIpc) is 3.17. The number of methoxy groups -OCH3 is 1. The molecule has 0 bridgehead atoms. The predicted molar refractivity (Wildman–Crippen MR) is 101 cm³/mol. The van der Waals surface area contributed by atoms with Gasteiger partial charge in [0.05, 0.1) is 18.5 Å². The van der Waals surface area contributed by atoms with E-state index in [2.05, 4.69) is 9.71 Å². The lowest BCUT2D eigenvalue weighted by Gasteiger charge is -2.12. The maximum Gasteiger partial charge on any atom is 0.242 e. The summed E-state index contributed by atoms with van der Waals surface area (Å²) >= 11 is 12.1. The molecule has 0 unspecified atom stereocenters.